The molecule has 10 heteroatoms. The highest BCUT2D eigenvalue weighted by atomic mass is 19.1. The molecule has 4 aromatic rings. The Hall–Kier alpha value is -4.31. The summed E-state index contributed by atoms with van der Waals surface area (Å²) in [5.74, 6) is 3.42. The fourth-order valence-corrected chi connectivity index (χ4v) is 8.38. The number of anilines is 1. The fraction of sp³-hybridized carbons (Fsp3) is 0.487. The fourth-order valence-electron chi connectivity index (χ4n) is 8.38. The number of piperazine rings is 1. The summed E-state index contributed by atoms with van der Waals surface area (Å²) < 4.78 is 21.6. The molecule has 3 saturated carbocycles. The number of fused-ring (bicyclic) bond motifs is 3. The van der Waals surface area contributed by atoms with E-state index in [1.165, 1.54) is 19.6 Å². The Morgan fingerprint density at radius 3 is 2.76 bits per heavy atom. The van der Waals surface area contributed by atoms with E-state index in [9.17, 15) is 9.18 Å². The minimum absolute atomic E-state index is 0.177. The monoisotopic (exact) mass is 665 g/mol. The van der Waals surface area contributed by atoms with E-state index in [-0.39, 0.29) is 24.0 Å². The number of benzene rings is 2. The second-order valence-corrected chi connectivity index (χ2v) is 14.7. The molecule has 49 heavy (non-hydrogen) atoms. The number of nitrogens with zero attached hydrogens (tertiary/aromatic N) is 5. The average Bonchev–Trinajstić information content (AvgIpc) is 3.12. The van der Waals surface area contributed by atoms with Gasteiger partial charge in [-0.2, -0.15) is 0 Å². The van der Waals surface area contributed by atoms with Gasteiger partial charge >= 0.3 is 0 Å². The van der Waals surface area contributed by atoms with Crippen LogP contribution in [0.25, 0.3) is 22.3 Å². The molecule has 5 atom stereocenters. The minimum atomic E-state index is -0.365. The van der Waals surface area contributed by atoms with Crippen LogP contribution in [0.5, 0.6) is 5.75 Å². The van der Waals surface area contributed by atoms with E-state index in [1.807, 2.05) is 30.3 Å². The molecule has 0 spiro atoms. The molecule has 2 aromatic heterocycles. The second-order valence-electron chi connectivity index (χ2n) is 14.7. The van der Waals surface area contributed by atoms with Crippen LogP contribution < -0.4 is 20.9 Å². The molecule has 1 saturated heterocycles. The third kappa shape index (κ3) is 6.43. The molecular formula is C39H48FN7O2. The van der Waals surface area contributed by atoms with Gasteiger partial charge in [0, 0.05) is 61.9 Å². The van der Waals surface area contributed by atoms with Crippen LogP contribution in [0.3, 0.4) is 0 Å². The number of aryl methyl sites for hydroxylation is 1. The molecule has 0 radical (unpaired) electrons. The number of halogens is 1. The van der Waals surface area contributed by atoms with Crippen molar-refractivity contribution < 1.29 is 9.13 Å². The Kier molecular flexibility index (Phi) is 9.17. The zero-order valence-electron chi connectivity index (χ0n) is 29.2. The average molecular weight is 666 g/mol. The number of aliphatic imine (C=N–C) groups is 1. The summed E-state index contributed by atoms with van der Waals surface area (Å²) in [5.41, 5.74) is 2.87. The quantitative estimate of drug-likeness (QED) is 0.167. The maximum Gasteiger partial charge on any atom is 0.261 e. The Bertz CT molecular complexity index is 1910. The number of methoxy groups -OCH3 is 1. The molecule has 4 aliphatic rings. The molecule has 3 heterocycles. The highest BCUT2D eigenvalue weighted by Crippen LogP contribution is 2.61. The lowest BCUT2D eigenvalue weighted by molar-refractivity contribution is -0.108. The summed E-state index contributed by atoms with van der Waals surface area (Å²) >= 11 is 0. The van der Waals surface area contributed by atoms with E-state index in [2.05, 4.69) is 48.2 Å². The van der Waals surface area contributed by atoms with Crippen LogP contribution in [0.4, 0.5) is 10.1 Å². The number of rotatable bonds is 8. The zero-order valence-corrected chi connectivity index (χ0v) is 29.2. The summed E-state index contributed by atoms with van der Waals surface area (Å²) in [7, 11) is 1.51. The predicted octanol–water partition coefficient (Wildman–Crippen LogP) is 6.37. The molecule has 2 bridgehead atoms. The van der Waals surface area contributed by atoms with Gasteiger partial charge in [0.15, 0.2) is 5.96 Å². The van der Waals surface area contributed by atoms with E-state index >= 15 is 0 Å². The van der Waals surface area contributed by atoms with Gasteiger partial charge in [-0.05, 0) is 90.8 Å². The van der Waals surface area contributed by atoms with Crippen LogP contribution in [0.1, 0.15) is 52.5 Å². The van der Waals surface area contributed by atoms with Crippen LogP contribution >= 0.6 is 0 Å². The number of hydrogen-bond donors (Lipinski definition) is 2. The number of pyridine rings is 1. The summed E-state index contributed by atoms with van der Waals surface area (Å²) in [6.07, 6.45) is 7.20. The Morgan fingerprint density at radius 2 is 2.04 bits per heavy atom. The molecule has 2 aromatic carbocycles. The van der Waals surface area contributed by atoms with Gasteiger partial charge in [-0.15, -0.1) is 0 Å². The molecule has 2 N–H and O–H groups in total. The molecule has 0 amide bonds. The highest BCUT2D eigenvalue weighted by Gasteiger charge is 2.56. The smallest absolute Gasteiger partial charge is 0.261 e. The van der Waals surface area contributed by atoms with Crippen molar-refractivity contribution in [2.75, 3.05) is 32.1 Å². The molecule has 9 nitrogen and oxygen atoms in total. The first-order valence-corrected chi connectivity index (χ1v) is 17.8. The van der Waals surface area contributed by atoms with Crippen LogP contribution in [-0.2, 0) is 13.0 Å². The second kappa shape index (κ2) is 13.5. The SMILES string of the molecule is CC[C@H]1CN(C(=N[C@H]2C[C@H]3C[C@@H]([C@@H]2C)C3(C)C)Nc2ccc3c(=O)n(CCc4ccc(OC)cc4F)c(-c4cccnc4)nc3c2)CCN1. The van der Waals surface area contributed by atoms with Crippen molar-refractivity contribution in [3.63, 3.8) is 0 Å². The van der Waals surface area contributed by atoms with Gasteiger partial charge in [-0.3, -0.25) is 14.3 Å². The number of aromatic nitrogens is 3. The predicted molar refractivity (Wildman–Crippen MR) is 194 cm³/mol. The molecule has 0 unspecified atom stereocenters. The standard InChI is InChI=1S/C39H48FN7O2/c1-6-28-23-46(17-15-42-28)38(45-34-19-27-18-32(24(34)2)39(27,3)4)43-29-10-12-31-35(20-29)44-36(26-8-7-14-41-22-26)47(37(31)48)16-13-25-9-11-30(49-5)21-33(25)40/h7-12,14,20-22,24,27-28,32,34,42H,6,13,15-19,23H2,1-5H3,(H,43,45)/t24-,27+,28-,32-,34-/m0/s1. The third-order valence-corrected chi connectivity index (χ3v) is 11.6. The van der Waals surface area contributed by atoms with Gasteiger partial charge in [0.05, 0.1) is 24.1 Å². The van der Waals surface area contributed by atoms with E-state index in [1.54, 1.807) is 29.1 Å². The third-order valence-electron chi connectivity index (χ3n) is 11.6. The molecule has 1 aliphatic heterocycles. The van der Waals surface area contributed by atoms with Crippen molar-refractivity contribution in [3.05, 3.63) is 82.7 Å². The van der Waals surface area contributed by atoms with Gasteiger partial charge in [-0.1, -0.05) is 33.8 Å². The van der Waals surface area contributed by atoms with Crippen molar-refractivity contribution in [2.24, 2.45) is 28.2 Å². The lowest BCUT2D eigenvalue weighted by Crippen LogP contribution is -2.57. The highest BCUT2D eigenvalue weighted by molar-refractivity contribution is 5.96. The first-order valence-electron chi connectivity index (χ1n) is 17.8. The molecule has 3 aliphatic carbocycles. The Balaban J connectivity index is 1.23. The zero-order chi connectivity index (χ0) is 34.3. The topological polar surface area (TPSA) is 96.7 Å². The van der Waals surface area contributed by atoms with E-state index in [4.69, 9.17) is 14.7 Å². The van der Waals surface area contributed by atoms with E-state index in [0.717, 1.165) is 49.7 Å². The van der Waals surface area contributed by atoms with Crippen molar-refractivity contribution in [1.82, 2.24) is 24.8 Å². The van der Waals surface area contributed by atoms with Gasteiger partial charge < -0.3 is 20.3 Å². The van der Waals surface area contributed by atoms with Crippen LogP contribution in [0.15, 0.2) is 70.7 Å². The maximum absolute atomic E-state index is 14.8. The van der Waals surface area contributed by atoms with Crippen molar-refractivity contribution >= 4 is 22.5 Å². The minimum Gasteiger partial charge on any atom is -0.497 e. The summed E-state index contributed by atoms with van der Waals surface area (Å²) in [6, 6.07) is 14.9. The maximum atomic E-state index is 14.8. The normalized spacial score (nSPS) is 24.8. The van der Waals surface area contributed by atoms with Gasteiger partial charge in [0.1, 0.15) is 17.4 Å². The molecule has 4 fully saturated rings. The number of ether oxygens (including phenoxy) is 1. The number of guanidine groups is 1. The van der Waals surface area contributed by atoms with Gasteiger partial charge in [-0.25, -0.2) is 14.4 Å². The van der Waals surface area contributed by atoms with Gasteiger partial charge in [0.25, 0.3) is 5.56 Å². The summed E-state index contributed by atoms with van der Waals surface area (Å²) in [6.45, 7) is 12.4. The van der Waals surface area contributed by atoms with E-state index in [0.29, 0.717) is 63.7 Å². The molecule has 258 valence electrons. The summed E-state index contributed by atoms with van der Waals surface area (Å²) in [5, 5.41) is 7.84. The first-order chi connectivity index (χ1) is 23.7. The van der Waals surface area contributed by atoms with Crippen LogP contribution in [0.2, 0.25) is 0 Å². The van der Waals surface area contributed by atoms with Crippen molar-refractivity contribution in [2.45, 2.75) is 72.0 Å². The molecule has 8 rings (SSSR count). The Morgan fingerprint density at radius 1 is 1.18 bits per heavy atom. The molecular weight excluding hydrogens is 617 g/mol. The lowest BCUT2D eigenvalue weighted by Gasteiger charge is -2.61. The Labute approximate surface area is 288 Å². The van der Waals surface area contributed by atoms with Gasteiger partial charge in [0.2, 0.25) is 0 Å². The number of hydrogen-bond acceptors (Lipinski definition) is 6. The number of nitrogens with one attached hydrogen (secondary N) is 2. The summed E-state index contributed by atoms with van der Waals surface area (Å²) in [4.78, 5) is 31.3. The lowest BCUT2D eigenvalue weighted by atomic mass is 9.45. The van der Waals surface area contributed by atoms with Crippen LogP contribution in [0, 0.1) is 29.0 Å². The van der Waals surface area contributed by atoms with Crippen molar-refractivity contribution in [3.8, 4) is 17.1 Å². The van der Waals surface area contributed by atoms with E-state index < -0.39 is 0 Å². The largest absolute Gasteiger partial charge is 0.497 e. The first kappa shape index (κ1) is 33.2. The van der Waals surface area contributed by atoms with Crippen LogP contribution in [-0.4, -0.2) is 64.2 Å². The van der Waals surface area contributed by atoms with Crippen molar-refractivity contribution in [1.29, 1.82) is 0 Å².